The fourth-order valence-electron chi connectivity index (χ4n) is 1.14. The molecule has 0 spiro atoms. The second-order valence-electron chi connectivity index (χ2n) is 3.38. The monoisotopic (exact) mass is 214 g/mol. The van der Waals surface area contributed by atoms with Crippen molar-refractivity contribution >= 4 is 0 Å². The molecule has 0 unspecified atom stereocenters. The first kappa shape index (κ1) is 12.1. The minimum absolute atomic E-state index is 0.309. The molecule has 6 heteroatoms. The third kappa shape index (κ3) is 3.94. The average molecular weight is 214 g/mol. The lowest BCUT2D eigenvalue weighted by Crippen LogP contribution is -2.20. The van der Waals surface area contributed by atoms with Crippen molar-refractivity contribution in [1.29, 1.82) is 0 Å². The molecule has 0 aliphatic carbocycles. The van der Waals surface area contributed by atoms with Gasteiger partial charge in [0.05, 0.1) is 19.8 Å². The summed E-state index contributed by atoms with van der Waals surface area (Å²) in [5.41, 5.74) is 2.81. The van der Waals surface area contributed by atoms with Gasteiger partial charge in [0.2, 0.25) is 0 Å². The highest BCUT2D eigenvalue weighted by Crippen LogP contribution is 2.04. The van der Waals surface area contributed by atoms with Gasteiger partial charge in [0.25, 0.3) is 0 Å². The Bertz CT molecular complexity index is 275. The molecule has 15 heavy (non-hydrogen) atoms. The van der Waals surface area contributed by atoms with E-state index in [1.807, 2.05) is 4.68 Å². The number of hydroxylamine groups is 1. The zero-order valence-corrected chi connectivity index (χ0v) is 9.43. The van der Waals surface area contributed by atoms with Crippen molar-refractivity contribution in [2.45, 2.75) is 26.4 Å². The summed E-state index contributed by atoms with van der Waals surface area (Å²) in [6.45, 7) is 5.76. The summed E-state index contributed by atoms with van der Waals surface area (Å²) in [6.07, 6.45) is 1.55. The highest BCUT2D eigenvalue weighted by atomic mass is 16.7. The fraction of sp³-hybridized carbons (Fsp3) is 0.778. The van der Waals surface area contributed by atoms with Gasteiger partial charge in [0.1, 0.15) is 12.2 Å². The molecule has 1 N–H and O–H groups in total. The first-order chi connectivity index (χ1) is 7.25. The number of ether oxygens (including phenoxy) is 1. The zero-order chi connectivity index (χ0) is 11.1. The van der Waals surface area contributed by atoms with E-state index in [2.05, 4.69) is 29.4 Å². The lowest BCUT2D eigenvalue weighted by molar-refractivity contribution is 0.00184. The summed E-state index contributed by atoms with van der Waals surface area (Å²) in [7, 11) is 1.64. The predicted octanol–water partition coefficient (Wildman–Crippen LogP) is 0.527. The molecule has 0 bridgehead atoms. The topological polar surface area (TPSA) is 61.2 Å². The minimum Gasteiger partial charge on any atom is -0.382 e. The molecule has 0 amide bonds. The highest BCUT2D eigenvalue weighted by Gasteiger charge is 2.06. The van der Waals surface area contributed by atoms with Gasteiger partial charge in [-0.2, -0.15) is 10.6 Å². The van der Waals surface area contributed by atoms with E-state index in [9.17, 15) is 0 Å². The summed E-state index contributed by atoms with van der Waals surface area (Å²) >= 11 is 0. The van der Waals surface area contributed by atoms with Gasteiger partial charge < -0.3 is 4.74 Å². The van der Waals surface area contributed by atoms with Gasteiger partial charge in [-0.3, -0.25) is 4.84 Å². The maximum absolute atomic E-state index is 5.13. The lowest BCUT2D eigenvalue weighted by atomic mass is 10.4. The van der Waals surface area contributed by atoms with Crippen LogP contribution < -0.4 is 5.48 Å². The van der Waals surface area contributed by atoms with E-state index < -0.39 is 0 Å². The van der Waals surface area contributed by atoms with Gasteiger partial charge >= 0.3 is 0 Å². The van der Waals surface area contributed by atoms with Crippen molar-refractivity contribution in [3.63, 3.8) is 0 Å². The predicted molar refractivity (Wildman–Crippen MR) is 55.1 cm³/mol. The first-order valence-corrected chi connectivity index (χ1v) is 4.97. The Kier molecular flexibility index (Phi) is 5.23. The molecule has 0 aliphatic rings. The Balaban J connectivity index is 2.28. The largest absolute Gasteiger partial charge is 0.382 e. The molecular formula is C9H18N4O2. The van der Waals surface area contributed by atoms with Gasteiger partial charge in [-0.05, 0) is 13.8 Å². The molecule has 0 fully saturated rings. The third-order valence-electron chi connectivity index (χ3n) is 1.86. The van der Waals surface area contributed by atoms with Crippen molar-refractivity contribution in [2.24, 2.45) is 0 Å². The molecule has 6 nitrogen and oxygen atoms in total. The average Bonchev–Trinajstić information content (AvgIpc) is 2.66. The van der Waals surface area contributed by atoms with Crippen LogP contribution in [0.1, 0.15) is 25.7 Å². The molecule has 0 saturated heterocycles. The van der Waals surface area contributed by atoms with Gasteiger partial charge in [0.15, 0.2) is 0 Å². The number of nitrogens with one attached hydrogen (secondary N) is 1. The zero-order valence-electron chi connectivity index (χ0n) is 9.43. The second-order valence-corrected chi connectivity index (χ2v) is 3.38. The molecule has 0 atom stereocenters. The van der Waals surface area contributed by atoms with E-state index in [-0.39, 0.29) is 0 Å². The third-order valence-corrected chi connectivity index (χ3v) is 1.86. The van der Waals surface area contributed by atoms with Crippen molar-refractivity contribution in [3.8, 4) is 0 Å². The molecule has 0 aliphatic heterocycles. The van der Waals surface area contributed by atoms with Crippen molar-refractivity contribution in [1.82, 2.24) is 20.2 Å². The van der Waals surface area contributed by atoms with Crippen LogP contribution in [0.4, 0.5) is 0 Å². The molecule has 0 saturated carbocycles. The molecule has 1 aromatic rings. The number of hydrogen-bond donors (Lipinski definition) is 1. The number of nitrogens with zero attached hydrogens (tertiary/aromatic N) is 3. The van der Waals surface area contributed by atoms with Crippen molar-refractivity contribution in [2.75, 3.05) is 20.3 Å². The Morgan fingerprint density at radius 3 is 2.93 bits per heavy atom. The van der Waals surface area contributed by atoms with Crippen LogP contribution in [0, 0.1) is 0 Å². The van der Waals surface area contributed by atoms with Gasteiger partial charge in [-0.15, -0.1) is 0 Å². The maximum atomic E-state index is 5.13. The molecule has 0 radical (unpaired) electrons. The van der Waals surface area contributed by atoms with E-state index in [0.29, 0.717) is 25.8 Å². The number of aromatic nitrogens is 3. The van der Waals surface area contributed by atoms with E-state index in [1.54, 1.807) is 13.4 Å². The first-order valence-electron chi connectivity index (χ1n) is 4.97. The molecule has 1 aromatic heterocycles. The van der Waals surface area contributed by atoms with Gasteiger partial charge in [-0.25, -0.2) is 9.67 Å². The van der Waals surface area contributed by atoms with Crippen molar-refractivity contribution in [3.05, 3.63) is 12.2 Å². The quantitative estimate of drug-likeness (QED) is 0.530. The minimum atomic E-state index is 0.309. The van der Waals surface area contributed by atoms with Crippen LogP contribution in [0.5, 0.6) is 0 Å². The Morgan fingerprint density at radius 2 is 2.27 bits per heavy atom. The Labute approximate surface area is 89.5 Å². The Morgan fingerprint density at radius 1 is 1.47 bits per heavy atom. The van der Waals surface area contributed by atoms with E-state index >= 15 is 0 Å². The van der Waals surface area contributed by atoms with E-state index in [0.717, 1.165) is 5.82 Å². The van der Waals surface area contributed by atoms with E-state index in [1.165, 1.54) is 0 Å². The SMILES string of the molecule is COCCONCc1ncnn1C(C)C. The Hall–Kier alpha value is -0.980. The molecular weight excluding hydrogens is 196 g/mol. The molecule has 0 aromatic carbocycles. The second kappa shape index (κ2) is 6.49. The van der Waals surface area contributed by atoms with Crippen LogP contribution in [0.2, 0.25) is 0 Å². The smallest absolute Gasteiger partial charge is 0.143 e. The number of rotatable bonds is 7. The van der Waals surface area contributed by atoms with Crippen LogP contribution in [-0.2, 0) is 16.1 Å². The van der Waals surface area contributed by atoms with Crippen LogP contribution >= 0.6 is 0 Å². The van der Waals surface area contributed by atoms with Crippen LogP contribution in [-0.4, -0.2) is 35.1 Å². The van der Waals surface area contributed by atoms with Gasteiger partial charge in [-0.1, -0.05) is 0 Å². The standard InChI is InChI=1S/C9H18N4O2/c1-8(2)13-9(10-7-11-13)6-12-15-5-4-14-3/h7-8,12H,4-6H2,1-3H3. The highest BCUT2D eigenvalue weighted by molar-refractivity contribution is 4.84. The molecule has 86 valence electrons. The maximum Gasteiger partial charge on any atom is 0.143 e. The lowest BCUT2D eigenvalue weighted by Gasteiger charge is -2.09. The summed E-state index contributed by atoms with van der Waals surface area (Å²) in [6, 6.07) is 0.309. The fourth-order valence-corrected chi connectivity index (χ4v) is 1.14. The van der Waals surface area contributed by atoms with Crippen molar-refractivity contribution < 1.29 is 9.57 Å². The summed E-state index contributed by atoms with van der Waals surface area (Å²) in [5, 5.41) is 4.12. The number of methoxy groups -OCH3 is 1. The normalized spacial score (nSPS) is 11.2. The molecule has 1 rings (SSSR count). The summed E-state index contributed by atoms with van der Waals surface area (Å²) in [4.78, 5) is 9.26. The van der Waals surface area contributed by atoms with Crippen LogP contribution in [0.15, 0.2) is 6.33 Å². The van der Waals surface area contributed by atoms with Gasteiger partial charge in [0, 0.05) is 13.2 Å². The van der Waals surface area contributed by atoms with Crippen LogP contribution in [0.3, 0.4) is 0 Å². The summed E-state index contributed by atoms with van der Waals surface area (Å²) < 4.78 is 6.70. The molecule has 1 heterocycles. The van der Waals surface area contributed by atoms with Crippen LogP contribution in [0.25, 0.3) is 0 Å². The summed E-state index contributed by atoms with van der Waals surface area (Å²) in [5.74, 6) is 0.863. The van der Waals surface area contributed by atoms with E-state index in [4.69, 9.17) is 9.57 Å². The number of hydrogen-bond acceptors (Lipinski definition) is 5.